The maximum absolute atomic E-state index is 8.48. The molecule has 0 spiro atoms. The van der Waals surface area contributed by atoms with E-state index in [2.05, 4.69) is 39.8 Å². The maximum Gasteiger partial charge on any atom is 0.173 e. The van der Waals surface area contributed by atoms with E-state index in [1.54, 1.807) is 0 Å². The predicted octanol–water partition coefficient (Wildman–Crippen LogP) is 1.69. The van der Waals surface area contributed by atoms with Crippen molar-refractivity contribution in [3.63, 3.8) is 0 Å². The first-order valence-electron chi connectivity index (χ1n) is 7.59. The molecule has 2 saturated heterocycles. The molecule has 0 amide bonds. The molecule has 1 aromatic carbocycles. The number of hydrogen-bond acceptors (Lipinski definition) is 3. The van der Waals surface area contributed by atoms with Crippen molar-refractivity contribution < 1.29 is 0 Å². The molecule has 2 atom stereocenters. The minimum absolute atomic E-state index is 0.544. The Balaban J connectivity index is 1.58. The van der Waals surface area contributed by atoms with Crippen molar-refractivity contribution in [2.75, 3.05) is 33.2 Å². The van der Waals surface area contributed by atoms with Gasteiger partial charge in [0.25, 0.3) is 0 Å². The van der Waals surface area contributed by atoms with Crippen LogP contribution in [0.3, 0.4) is 0 Å². The number of imidazole rings is 1. The summed E-state index contributed by atoms with van der Waals surface area (Å²) >= 11 is 0. The Morgan fingerprint density at radius 2 is 1.95 bits per heavy atom. The second-order valence-corrected chi connectivity index (χ2v) is 6.55. The summed E-state index contributed by atoms with van der Waals surface area (Å²) in [6, 6.07) is 6.12. The van der Waals surface area contributed by atoms with Crippen LogP contribution < -0.4 is 0 Å². The molecule has 2 aromatic rings. The van der Waals surface area contributed by atoms with Crippen molar-refractivity contribution in [2.45, 2.75) is 6.92 Å². The first-order valence-corrected chi connectivity index (χ1v) is 7.59. The van der Waals surface area contributed by atoms with Crippen LogP contribution in [0.15, 0.2) is 18.2 Å². The molecule has 2 fully saturated rings. The summed E-state index contributed by atoms with van der Waals surface area (Å²) in [7, 11) is 2.19. The number of para-hydroxylation sites is 1. The number of likely N-dealkylation sites (tertiary alicyclic amines) is 2. The largest absolute Gasteiger partial charge is 0.353 e. The van der Waals surface area contributed by atoms with Gasteiger partial charge in [-0.1, -0.05) is 12.1 Å². The summed E-state index contributed by atoms with van der Waals surface area (Å²) < 4.78 is 0. The fourth-order valence-electron chi connectivity index (χ4n) is 3.85. The SMILES string of the molecule is Cc1cccc2[nH]c(C(=N)N3C[C@H]4CN(C)C[C@H]4C3)nc12. The van der Waals surface area contributed by atoms with E-state index >= 15 is 0 Å². The monoisotopic (exact) mass is 283 g/mol. The number of aromatic amines is 1. The molecular formula is C16H21N5. The van der Waals surface area contributed by atoms with Crippen LogP contribution in [-0.2, 0) is 0 Å². The van der Waals surface area contributed by atoms with Crippen molar-refractivity contribution in [3.05, 3.63) is 29.6 Å². The standard InChI is InChI=1S/C16H21N5/c1-10-4-3-5-13-14(10)19-16(18-13)15(17)21-8-11-6-20(2)7-12(11)9-21/h3-5,11-12,17H,6-9H2,1-2H3,(H,18,19)/t11-,12+. The van der Waals surface area contributed by atoms with Gasteiger partial charge in [-0.3, -0.25) is 5.41 Å². The lowest BCUT2D eigenvalue weighted by Gasteiger charge is -2.20. The van der Waals surface area contributed by atoms with E-state index in [4.69, 9.17) is 5.41 Å². The quantitative estimate of drug-likeness (QED) is 0.618. The van der Waals surface area contributed by atoms with Crippen molar-refractivity contribution >= 4 is 16.9 Å². The molecule has 2 N–H and O–H groups in total. The molecule has 0 bridgehead atoms. The Bertz CT molecular complexity index is 690. The number of aromatic nitrogens is 2. The van der Waals surface area contributed by atoms with Gasteiger partial charge in [0.1, 0.15) is 0 Å². The number of fused-ring (bicyclic) bond motifs is 2. The van der Waals surface area contributed by atoms with E-state index in [0.717, 1.165) is 42.8 Å². The third kappa shape index (κ3) is 2.03. The van der Waals surface area contributed by atoms with Gasteiger partial charge in [-0.05, 0) is 37.4 Å². The van der Waals surface area contributed by atoms with Gasteiger partial charge < -0.3 is 14.8 Å². The summed E-state index contributed by atoms with van der Waals surface area (Å²) in [5, 5.41) is 8.48. The highest BCUT2D eigenvalue weighted by Crippen LogP contribution is 2.31. The molecule has 110 valence electrons. The van der Waals surface area contributed by atoms with Gasteiger partial charge in [0.2, 0.25) is 0 Å². The van der Waals surface area contributed by atoms with E-state index in [1.165, 1.54) is 0 Å². The van der Waals surface area contributed by atoms with Crippen LogP contribution in [0.2, 0.25) is 0 Å². The summed E-state index contributed by atoms with van der Waals surface area (Å²) in [6.07, 6.45) is 0. The topological polar surface area (TPSA) is 59.0 Å². The number of amidine groups is 1. The first-order chi connectivity index (χ1) is 10.1. The van der Waals surface area contributed by atoms with E-state index < -0.39 is 0 Å². The summed E-state index contributed by atoms with van der Waals surface area (Å²) in [5.74, 6) is 2.67. The average Bonchev–Trinajstić information content (AvgIpc) is 3.10. The van der Waals surface area contributed by atoms with Gasteiger partial charge in [-0.15, -0.1) is 0 Å². The van der Waals surface area contributed by atoms with Crippen LogP contribution in [0.4, 0.5) is 0 Å². The fraction of sp³-hybridized carbons (Fsp3) is 0.500. The third-order valence-corrected chi connectivity index (χ3v) is 4.92. The zero-order valence-corrected chi connectivity index (χ0v) is 12.6. The van der Waals surface area contributed by atoms with Gasteiger partial charge in [0.05, 0.1) is 11.0 Å². The zero-order valence-electron chi connectivity index (χ0n) is 12.6. The number of rotatable bonds is 1. The molecule has 0 unspecified atom stereocenters. The van der Waals surface area contributed by atoms with Crippen LogP contribution in [0, 0.1) is 24.2 Å². The van der Waals surface area contributed by atoms with E-state index in [1.807, 2.05) is 12.1 Å². The van der Waals surface area contributed by atoms with Crippen molar-refractivity contribution in [3.8, 4) is 0 Å². The van der Waals surface area contributed by atoms with Gasteiger partial charge in [-0.25, -0.2) is 4.98 Å². The number of nitrogens with one attached hydrogen (secondary N) is 2. The summed E-state index contributed by atoms with van der Waals surface area (Å²) in [5.41, 5.74) is 3.16. The Labute approximate surface area is 124 Å². The number of aryl methyl sites for hydroxylation is 1. The van der Waals surface area contributed by atoms with Gasteiger partial charge in [0.15, 0.2) is 11.7 Å². The minimum Gasteiger partial charge on any atom is -0.353 e. The molecule has 0 saturated carbocycles. The Hall–Kier alpha value is -1.88. The first kappa shape index (κ1) is 12.8. The third-order valence-electron chi connectivity index (χ3n) is 4.92. The van der Waals surface area contributed by atoms with E-state index in [9.17, 15) is 0 Å². The summed E-state index contributed by atoms with van der Waals surface area (Å²) in [4.78, 5) is 12.5. The zero-order chi connectivity index (χ0) is 14.6. The highest BCUT2D eigenvalue weighted by atomic mass is 15.3. The Morgan fingerprint density at radius 1 is 1.24 bits per heavy atom. The number of H-pyrrole nitrogens is 1. The van der Waals surface area contributed by atoms with Crippen LogP contribution in [-0.4, -0.2) is 58.8 Å². The van der Waals surface area contributed by atoms with Crippen molar-refractivity contribution in [1.29, 1.82) is 5.41 Å². The molecule has 0 aliphatic carbocycles. The van der Waals surface area contributed by atoms with Crippen LogP contribution >= 0.6 is 0 Å². The number of nitrogens with zero attached hydrogens (tertiary/aromatic N) is 3. The molecule has 3 heterocycles. The molecule has 5 heteroatoms. The lowest BCUT2D eigenvalue weighted by Crippen LogP contribution is -2.33. The highest BCUT2D eigenvalue weighted by Gasteiger charge is 2.40. The van der Waals surface area contributed by atoms with Gasteiger partial charge >= 0.3 is 0 Å². The normalized spacial score (nSPS) is 25.7. The molecule has 2 aliphatic rings. The Kier molecular flexibility index (Phi) is 2.79. The van der Waals surface area contributed by atoms with Gasteiger partial charge in [-0.2, -0.15) is 0 Å². The molecule has 1 aromatic heterocycles. The van der Waals surface area contributed by atoms with Crippen molar-refractivity contribution in [2.24, 2.45) is 11.8 Å². The smallest absolute Gasteiger partial charge is 0.173 e. The van der Waals surface area contributed by atoms with E-state index in [-0.39, 0.29) is 0 Å². The van der Waals surface area contributed by atoms with Crippen LogP contribution in [0.1, 0.15) is 11.4 Å². The maximum atomic E-state index is 8.48. The second kappa shape index (κ2) is 4.56. The van der Waals surface area contributed by atoms with Crippen molar-refractivity contribution in [1.82, 2.24) is 19.8 Å². The molecule has 5 nitrogen and oxygen atoms in total. The van der Waals surface area contributed by atoms with E-state index in [0.29, 0.717) is 23.5 Å². The fourth-order valence-corrected chi connectivity index (χ4v) is 3.85. The number of hydrogen-bond donors (Lipinski definition) is 2. The molecule has 2 aliphatic heterocycles. The Morgan fingerprint density at radius 3 is 2.62 bits per heavy atom. The highest BCUT2D eigenvalue weighted by molar-refractivity contribution is 5.96. The molecule has 0 radical (unpaired) electrons. The molecular weight excluding hydrogens is 262 g/mol. The van der Waals surface area contributed by atoms with Gasteiger partial charge in [0, 0.05) is 26.2 Å². The predicted molar refractivity (Wildman–Crippen MR) is 83.7 cm³/mol. The average molecular weight is 283 g/mol. The second-order valence-electron chi connectivity index (χ2n) is 6.55. The number of benzene rings is 1. The van der Waals surface area contributed by atoms with Crippen LogP contribution in [0.25, 0.3) is 11.0 Å². The summed E-state index contributed by atoms with van der Waals surface area (Å²) in [6.45, 7) is 6.36. The molecule has 21 heavy (non-hydrogen) atoms. The molecule has 4 rings (SSSR count). The van der Waals surface area contributed by atoms with Crippen LogP contribution in [0.5, 0.6) is 0 Å². The lowest BCUT2D eigenvalue weighted by atomic mass is 10.0. The minimum atomic E-state index is 0.544. The lowest BCUT2D eigenvalue weighted by molar-refractivity contribution is 0.347.